The Hall–Kier alpha value is -2.30. The fraction of sp³-hybridized carbons (Fsp3) is 0.353. The molecule has 27 heavy (non-hydrogen) atoms. The molecule has 1 unspecified atom stereocenters. The molecule has 0 aliphatic carbocycles. The lowest BCUT2D eigenvalue weighted by Gasteiger charge is -2.21. The van der Waals surface area contributed by atoms with Crippen LogP contribution in [0.25, 0.3) is 17.0 Å². The third-order valence-corrected chi connectivity index (χ3v) is 6.39. The van der Waals surface area contributed by atoms with Gasteiger partial charge in [-0.25, -0.2) is 0 Å². The first-order valence-corrected chi connectivity index (χ1v) is 10.6. The summed E-state index contributed by atoms with van der Waals surface area (Å²) in [4.78, 5) is 0. The summed E-state index contributed by atoms with van der Waals surface area (Å²) in [6.07, 6.45) is 2.33. The number of piperidine rings is 1. The zero-order chi connectivity index (χ0) is 18.2. The second-order valence-corrected chi connectivity index (χ2v) is 8.29. The maximum Gasteiger partial charge on any atom is 0.197 e. The Kier molecular flexibility index (Phi) is 4.38. The highest BCUT2D eigenvalue weighted by molar-refractivity contribution is 7.99. The van der Waals surface area contributed by atoms with Crippen LogP contribution in [-0.4, -0.2) is 47.7 Å². The fourth-order valence-corrected chi connectivity index (χ4v) is 4.73. The molecule has 1 fully saturated rings. The van der Waals surface area contributed by atoms with Crippen molar-refractivity contribution in [3.63, 3.8) is 0 Å². The number of hydrogen-bond donors (Lipinski definition) is 1. The maximum absolute atomic E-state index is 4.72. The average molecular weight is 399 g/mol. The number of nitrogens with zero attached hydrogens (tertiary/aromatic N) is 7. The van der Waals surface area contributed by atoms with Crippen LogP contribution >= 0.6 is 23.1 Å². The highest BCUT2D eigenvalue weighted by atomic mass is 32.2. The van der Waals surface area contributed by atoms with Gasteiger partial charge in [0.15, 0.2) is 16.6 Å². The van der Waals surface area contributed by atoms with Gasteiger partial charge in [-0.15, -0.1) is 20.4 Å². The summed E-state index contributed by atoms with van der Waals surface area (Å²) < 4.78 is 3.87. The van der Waals surface area contributed by atoms with Gasteiger partial charge in [-0.2, -0.15) is 21.0 Å². The van der Waals surface area contributed by atoms with Crippen LogP contribution in [0.5, 0.6) is 0 Å². The molecule has 138 valence electrons. The molecule has 10 heteroatoms. The monoisotopic (exact) mass is 398 g/mol. The van der Waals surface area contributed by atoms with Crippen molar-refractivity contribution in [3.05, 3.63) is 34.8 Å². The van der Waals surface area contributed by atoms with Gasteiger partial charge in [0.2, 0.25) is 0 Å². The Morgan fingerprint density at radius 3 is 2.96 bits per heavy atom. The molecule has 8 nitrogen and oxygen atoms in total. The highest BCUT2D eigenvalue weighted by Gasteiger charge is 2.22. The van der Waals surface area contributed by atoms with E-state index in [1.54, 1.807) is 15.9 Å². The SMILES string of the molecule is Cn1c(Sc2ccc3nnc(-c4ccsc4)n3n2)nnc1C1CCCNC1. The molecule has 0 radical (unpaired) electrons. The van der Waals surface area contributed by atoms with Gasteiger partial charge in [-0.05, 0) is 54.7 Å². The van der Waals surface area contributed by atoms with Crippen molar-refractivity contribution in [1.82, 2.24) is 39.9 Å². The first-order valence-electron chi connectivity index (χ1n) is 8.82. The summed E-state index contributed by atoms with van der Waals surface area (Å²) in [5, 5.41) is 31.2. The molecular weight excluding hydrogens is 380 g/mol. The number of rotatable bonds is 4. The third kappa shape index (κ3) is 3.13. The molecule has 1 atom stereocenters. The van der Waals surface area contributed by atoms with Crippen LogP contribution in [-0.2, 0) is 7.05 Å². The van der Waals surface area contributed by atoms with Crippen LogP contribution < -0.4 is 5.32 Å². The molecule has 1 N–H and O–H groups in total. The van der Waals surface area contributed by atoms with Crippen LogP contribution in [0.15, 0.2) is 39.1 Å². The molecule has 1 aliphatic heterocycles. The quantitative estimate of drug-likeness (QED) is 0.565. The van der Waals surface area contributed by atoms with E-state index in [0.29, 0.717) is 5.92 Å². The normalized spacial score (nSPS) is 17.6. The second kappa shape index (κ2) is 7.02. The van der Waals surface area contributed by atoms with Crippen molar-refractivity contribution in [1.29, 1.82) is 0 Å². The average Bonchev–Trinajstić information content (AvgIpc) is 3.43. The van der Waals surface area contributed by atoms with E-state index in [1.165, 1.54) is 18.2 Å². The highest BCUT2D eigenvalue weighted by Crippen LogP contribution is 2.29. The molecule has 4 aromatic rings. The van der Waals surface area contributed by atoms with Gasteiger partial charge in [0.1, 0.15) is 10.9 Å². The smallest absolute Gasteiger partial charge is 0.197 e. The van der Waals surface area contributed by atoms with Gasteiger partial charge >= 0.3 is 0 Å². The Labute approximate surface area is 164 Å². The van der Waals surface area contributed by atoms with Gasteiger partial charge in [0.25, 0.3) is 0 Å². The van der Waals surface area contributed by atoms with E-state index in [9.17, 15) is 0 Å². The number of fused-ring (bicyclic) bond motifs is 1. The van der Waals surface area contributed by atoms with Gasteiger partial charge in [-0.3, -0.25) is 0 Å². The minimum absolute atomic E-state index is 0.420. The molecule has 4 aromatic heterocycles. The zero-order valence-electron chi connectivity index (χ0n) is 14.7. The Morgan fingerprint density at radius 1 is 1.19 bits per heavy atom. The minimum atomic E-state index is 0.420. The fourth-order valence-electron chi connectivity index (χ4n) is 3.33. The van der Waals surface area contributed by atoms with Crippen LogP contribution in [0.1, 0.15) is 24.6 Å². The molecule has 1 aliphatic rings. The molecule has 0 amide bonds. The molecule has 0 spiro atoms. The lowest BCUT2D eigenvalue weighted by Crippen LogP contribution is -2.29. The van der Waals surface area contributed by atoms with Gasteiger partial charge in [0.05, 0.1) is 0 Å². The van der Waals surface area contributed by atoms with E-state index in [-0.39, 0.29) is 0 Å². The van der Waals surface area contributed by atoms with Crippen molar-refractivity contribution >= 4 is 28.7 Å². The molecule has 5 rings (SSSR count). The van der Waals surface area contributed by atoms with E-state index in [1.807, 2.05) is 36.0 Å². The first kappa shape index (κ1) is 16.8. The van der Waals surface area contributed by atoms with Crippen LogP contribution in [0, 0.1) is 0 Å². The molecule has 5 heterocycles. The van der Waals surface area contributed by atoms with E-state index >= 15 is 0 Å². The summed E-state index contributed by atoms with van der Waals surface area (Å²) >= 11 is 3.14. The maximum atomic E-state index is 4.72. The Balaban J connectivity index is 1.45. The predicted octanol–water partition coefficient (Wildman–Crippen LogP) is 2.60. The summed E-state index contributed by atoms with van der Waals surface area (Å²) in [6.45, 7) is 2.05. The lowest BCUT2D eigenvalue weighted by molar-refractivity contribution is 0.436. The summed E-state index contributed by atoms with van der Waals surface area (Å²) in [7, 11) is 2.03. The van der Waals surface area contributed by atoms with E-state index in [4.69, 9.17) is 5.10 Å². The third-order valence-electron chi connectivity index (χ3n) is 4.74. The zero-order valence-corrected chi connectivity index (χ0v) is 16.4. The molecule has 0 bridgehead atoms. The van der Waals surface area contributed by atoms with Crippen molar-refractivity contribution in [2.75, 3.05) is 13.1 Å². The molecule has 0 saturated carbocycles. The Morgan fingerprint density at radius 2 is 2.15 bits per heavy atom. The standard InChI is InChI=1S/C17H18N8S2/c1-24-15(11-3-2-7-18-9-11)20-22-17(24)27-14-5-4-13-19-21-16(25(13)23-14)12-6-8-26-10-12/h4-6,8,10-11,18H,2-3,7,9H2,1H3. The van der Waals surface area contributed by atoms with E-state index in [2.05, 4.69) is 30.3 Å². The Bertz CT molecular complexity index is 1060. The van der Waals surface area contributed by atoms with Crippen molar-refractivity contribution in [2.45, 2.75) is 28.9 Å². The first-order chi connectivity index (χ1) is 13.3. The number of nitrogens with one attached hydrogen (secondary N) is 1. The van der Waals surface area contributed by atoms with Crippen molar-refractivity contribution < 1.29 is 0 Å². The van der Waals surface area contributed by atoms with Gasteiger partial charge < -0.3 is 9.88 Å². The molecule has 1 saturated heterocycles. The number of hydrogen-bond acceptors (Lipinski definition) is 8. The lowest BCUT2D eigenvalue weighted by atomic mass is 9.99. The van der Waals surface area contributed by atoms with Crippen molar-refractivity contribution in [2.24, 2.45) is 7.05 Å². The van der Waals surface area contributed by atoms with Crippen LogP contribution in [0.3, 0.4) is 0 Å². The second-order valence-electron chi connectivity index (χ2n) is 6.52. The molecular formula is C17H18N8S2. The predicted molar refractivity (Wildman–Crippen MR) is 104 cm³/mol. The number of thiophene rings is 1. The van der Waals surface area contributed by atoms with Crippen LogP contribution in [0.4, 0.5) is 0 Å². The van der Waals surface area contributed by atoms with E-state index in [0.717, 1.165) is 52.6 Å². The molecule has 0 aromatic carbocycles. The topological polar surface area (TPSA) is 85.8 Å². The summed E-state index contributed by atoms with van der Waals surface area (Å²) in [6, 6.07) is 5.90. The van der Waals surface area contributed by atoms with E-state index < -0.39 is 0 Å². The summed E-state index contributed by atoms with van der Waals surface area (Å²) in [5.74, 6) is 2.21. The number of aromatic nitrogens is 7. The van der Waals surface area contributed by atoms with Crippen molar-refractivity contribution in [3.8, 4) is 11.4 Å². The van der Waals surface area contributed by atoms with Crippen LogP contribution in [0.2, 0.25) is 0 Å². The van der Waals surface area contributed by atoms with Gasteiger partial charge in [-0.1, -0.05) is 0 Å². The largest absolute Gasteiger partial charge is 0.316 e. The minimum Gasteiger partial charge on any atom is -0.316 e. The van der Waals surface area contributed by atoms with Gasteiger partial charge in [0, 0.05) is 30.5 Å². The summed E-state index contributed by atoms with van der Waals surface area (Å²) in [5.41, 5.74) is 1.75.